The fourth-order valence-corrected chi connectivity index (χ4v) is 3.70. The van der Waals surface area contributed by atoms with Crippen LogP contribution in [0.3, 0.4) is 0 Å². The van der Waals surface area contributed by atoms with Crippen LogP contribution in [0.5, 0.6) is 5.75 Å². The van der Waals surface area contributed by atoms with Gasteiger partial charge in [0, 0.05) is 36.5 Å². The standard InChI is InChI=1S/C17H21NO5S/c1-23-14-4-2-12(3-5-14)15(19)6-7-16(20)18-8-9-24-11-13(18)10-17(21)22/h2-5,13H,6-11H2,1H3,(H,21,22). The van der Waals surface area contributed by atoms with E-state index in [-0.39, 0.29) is 37.0 Å². The van der Waals surface area contributed by atoms with Crippen LogP contribution in [0.25, 0.3) is 0 Å². The van der Waals surface area contributed by atoms with Gasteiger partial charge in [0.1, 0.15) is 5.75 Å². The summed E-state index contributed by atoms with van der Waals surface area (Å²) in [5.41, 5.74) is 0.542. The third-order valence-corrected chi connectivity index (χ3v) is 5.03. The largest absolute Gasteiger partial charge is 0.497 e. The van der Waals surface area contributed by atoms with Crippen molar-refractivity contribution in [3.05, 3.63) is 29.8 Å². The number of amides is 1. The number of ketones is 1. The molecule has 1 fully saturated rings. The third-order valence-electron chi connectivity index (χ3n) is 3.94. The van der Waals surface area contributed by atoms with Crippen molar-refractivity contribution in [1.29, 1.82) is 0 Å². The smallest absolute Gasteiger partial charge is 0.305 e. The fourth-order valence-electron chi connectivity index (χ4n) is 2.64. The van der Waals surface area contributed by atoms with Crippen LogP contribution in [0.15, 0.2) is 24.3 Å². The number of benzene rings is 1. The van der Waals surface area contributed by atoms with Gasteiger partial charge < -0.3 is 14.7 Å². The van der Waals surface area contributed by atoms with Gasteiger partial charge in [-0.25, -0.2) is 0 Å². The van der Waals surface area contributed by atoms with Gasteiger partial charge in [-0.3, -0.25) is 14.4 Å². The van der Waals surface area contributed by atoms with E-state index in [0.717, 1.165) is 5.75 Å². The molecule has 1 aliphatic rings. The van der Waals surface area contributed by atoms with Gasteiger partial charge in [-0.2, -0.15) is 11.8 Å². The lowest BCUT2D eigenvalue weighted by Crippen LogP contribution is -2.47. The molecule has 1 aromatic carbocycles. The second kappa shape index (κ2) is 8.73. The molecule has 24 heavy (non-hydrogen) atoms. The van der Waals surface area contributed by atoms with E-state index in [0.29, 0.717) is 23.6 Å². The molecule has 0 aromatic heterocycles. The monoisotopic (exact) mass is 351 g/mol. The van der Waals surface area contributed by atoms with Crippen LogP contribution in [-0.4, -0.2) is 58.9 Å². The maximum Gasteiger partial charge on any atom is 0.305 e. The van der Waals surface area contributed by atoms with Crippen molar-refractivity contribution in [2.24, 2.45) is 0 Å². The lowest BCUT2D eigenvalue weighted by molar-refractivity contribution is -0.140. The molecule has 0 spiro atoms. The highest BCUT2D eigenvalue weighted by atomic mass is 32.2. The number of carboxylic acid groups (broad SMARTS) is 1. The molecule has 0 bridgehead atoms. The molecule has 6 nitrogen and oxygen atoms in total. The highest BCUT2D eigenvalue weighted by Gasteiger charge is 2.28. The Hall–Kier alpha value is -2.02. The minimum absolute atomic E-state index is 0.0504. The molecule has 1 N–H and O–H groups in total. The predicted octanol–water partition coefficient (Wildman–Crippen LogP) is 2.08. The average molecular weight is 351 g/mol. The normalized spacial score (nSPS) is 17.4. The molecular formula is C17H21NO5S. The van der Waals surface area contributed by atoms with Crippen molar-refractivity contribution < 1.29 is 24.2 Å². The molecule has 0 saturated carbocycles. The number of Topliss-reactive ketones (excluding diaryl/α,β-unsaturated/α-hetero) is 1. The lowest BCUT2D eigenvalue weighted by atomic mass is 10.1. The number of methoxy groups -OCH3 is 1. The van der Waals surface area contributed by atoms with Crippen molar-refractivity contribution in [1.82, 2.24) is 4.90 Å². The van der Waals surface area contributed by atoms with Crippen LogP contribution in [0.1, 0.15) is 29.6 Å². The summed E-state index contributed by atoms with van der Waals surface area (Å²) < 4.78 is 5.05. The average Bonchev–Trinajstić information content (AvgIpc) is 2.59. The van der Waals surface area contributed by atoms with Crippen LogP contribution in [-0.2, 0) is 9.59 Å². The van der Waals surface area contributed by atoms with Gasteiger partial charge >= 0.3 is 5.97 Å². The molecule has 1 saturated heterocycles. The first kappa shape index (κ1) is 18.3. The fraction of sp³-hybridized carbons (Fsp3) is 0.471. The van der Waals surface area contributed by atoms with Crippen LogP contribution in [0.4, 0.5) is 0 Å². The molecule has 1 unspecified atom stereocenters. The Kier molecular flexibility index (Phi) is 6.66. The third kappa shape index (κ3) is 4.99. The Morgan fingerprint density at radius 2 is 1.96 bits per heavy atom. The number of carboxylic acids is 1. The summed E-state index contributed by atoms with van der Waals surface area (Å²) in [6, 6.07) is 6.48. The van der Waals surface area contributed by atoms with E-state index in [1.54, 1.807) is 48.0 Å². The van der Waals surface area contributed by atoms with Crippen molar-refractivity contribution in [2.45, 2.75) is 25.3 Å². The molecule has 7 heteroatoms. The van der Waals surface area contributed by atoms with E-state index < -0.39 is 5.97 Å². The van der Waals surface area contributed by atoms with Crippen molar-refractivity contribution in [3.63, 3.8) is 0 Å². The van der Waals surface area contributed by atoms with Crippen LogP contribution in [0, 0.1) is 0 Å². The molecule has 1 atom stereocenters. The minimum atomic E-state index is -0.908. The number of ether oxygens (including phenoxy) is 1. The number of rotatable bonds is 7. The number of thioether (sulfide) groups is 1. The SMILES string of the molecule is COc1ccc(C(=O)CCC(=O)N2CCSCC2CC(=O)O)cc1. The number of carbonyl (C=O) groups is 3. The van der Waals surface area contributed by atoms with E-state index in [1.807, 2.05) is 0 Å². The quantitative estimate of drug-likeness (QED) is 0.757. The summed E-state index contributed by atoms with van der Waals surface area (Å²) in [4.78, 5) is 37.1. The maximum absolute atomic E-state index is 12.4. The summed E-state index contributed by atoms with van der Waals surface area (Å²) in [6.07, 6.45) is 0.172. The Bertz CT molecular complexity index is 602. The Morgan fingerprint density at radius 1 is 1.25 bits per heavy atom. The van der Waals surface area contributed by atoms with Gasteiger partial charge in [-0.1, -0.05) is 0 Å². The van der Waals surface area contributed by atoms with Gasteiger partial charge in [0.15, 0.2) is 5.78 Å². The van der Waals surface area contributed by atoms with Gasteiger partial charge in [0.05, 0.1) is 19.6 Å². The highest BCUT2D eigenvalue weighted by molar-refractivity contribution is 7.99. The van der Waals surface area contributed by atoms with Gasteiger partial charge in [-0.05, 0) is 24.3 Å². The molecule has 130 valence electrons. The minimum Gasteiger partial charge on any atom is -0.497 e. The molecule has 0 radical (unpaired) electrons. The zero-order chi connectivity index (χ0) is 17.5. The van der Waals surface area contributed by atoms with E-state index in [4.69, 9.17) is 9.84 Å². The number of aliphatic carboxylic acids is 1. The topological polar surface area (TPSA) is 83.9 Å². The summed E-state index contributed by atoms with van der Waals surface area (Å²) in [6.45, 7) is 0.540. The zero-order valence-corrected chi connectivity index (χ0v) is 14.4. The number of nitrogens with zero attached hydrogens (tertiary/aromatic N) is 1. The Balaban J connectivity index is 1.90. The summed E-state index contributed by atoms with van der Waals surface area (Å²) in [5, 5.41) is 8.96. The maximum atomic E-state index is 12.4. The first-order valence-electron chi connectivity index (χ1n) is 7.77. The second-order valence-electron chi connectivity index (χ2n) is 5.57. The first-order chi connectivity index (χ1) is 11.5. The van der Waals surface area contributed by atoms with Crippen LogP contribution in [0.2, 0.25) is 0 Å². The van der Waals surface area contributed by atoms with E-state index in [1.165, 1.54) is 0 Å². The van der Waals surface area contributed by atoms with Crippen LogP contribution >= 0.6 is 11.8 Å². The van der Waals surface area contributed by atoms with Gasteiger partial charge in [0.25, 0.3) is 0 Å². The van der Waals surface area contributed by atoms with Crippen molar-refractivity contribution >= 4 is 29.4 Å². The summed E-state index contributed by atoms with van der Waals surface area (Å²) in [7, 11) is 1.56. The number of carbonyl (C=O) groups excluding carboxylic acids is 2. The highest BCUT2D eigenvalue weighted by Crippen LogP contribution is 2.21. The molecule has 2 rings (SSSR count). The summed E-state index contributed by atoms with van der Waals surface area (Å²) in [5.74, 6) is 0.939. The van der Waals surface area contributed by atoms with E-state index >= 15 is 0 Å². The van der Waals surface area contributed by atoms with Crippen molar-refractivity contribution in [2.75, 3.05) is 25.2 Å². The molecule has 1 amide bonds. The van der Waals surface area contributed by atoms with Gasteiger partial charge in [-0.15, -0.1) is 0 Å². The first-order valence-corrected chi connectivity index (χ1v) is 8.93. The van der Waals surface area contributed by atoms with E-state index in [9.17, 15) is 14.4 Å². The zero-order valence-electron chi connectivity index (χ0n) is 13.6. The molecular weight excluding hydrogens is 330 g/mol. The summed E-state index contributed by atoms with van der Waals surface area (Å²) >= 11 is 1.65. The number of hydrogen-bond acceptors (Lipinski definition) is 5. The molecule has 1 aliphatic heterocycles. The van der Waals surface area contributed by atoms with E-state index in [2.05, 4.69) is 0 Å². The van der Waals surface area contributed by atoms with Gasteiger partial charge in [0.2, 0.25) is 5.91 Å². The predicted molar refractivity (Wildman–Crippen MR) is 91.6 cm³/mol. The molecule has 0 aliphatic carbocycles. The van der Waals surface area contributed by atoms with Crippen molar-refractivity contribution in [3.8, 4) is 5.75 Å². The second-order valence-corrected chi connectivity index (χ2v) is 6.72. The molecule has 1 heterocycles. The Morgan fingerprint density at radius 3 is 2.58 bits per heavy atom. The Labute approximate surface area is 145 Å². The number of hydrogen-bond donors (Lipinski definition) is 1. The lowest BCUT2D eigenvalue weighted by Gasteiger charge is -2.34. The molecule has 1 aromatic rings. The van der Waals surface area contributed by atoms with Crippen LogP contribution < -0.4 is 4.74 Å².